The molecule has 1 amide bonds. The number of aromatic nitrogens is 1. The van der Waals surface area contributed by atoms with Gasteiger partial charge in [0.1, 0.15) is 18.1 Å². The quantitative estimate of drug-likeness (QED) is 0.852. The van der Waals surface area contributed by atoms with Crippen LogP contribution in [0.1, 0.15) is 32.1 Å². The molecule has 0 saturated carbocycles. The normalized spacial score (nSPS) is 12.6. The number of nitrogens with two attached hydrogens (primary N) is 1. The van der Waals surface area contributed by atoms with Gasteiger partial charge in [0.25, 0.3) is 0 Å². The lowest BCUT2D eigenvalue weighted by Gasteiger charge is -2.37. The Morgan fingerprint density at radius 2 is 2.04 bits per heavy atom. The van der Waals surface area contributed by atoms with Gasteiger partial charge in [-0.05, 0) is 24.6 Å². The van der Waals surface area contributed by atoms with Crippen LogP contribution in [0.5, 0.6) is 0 Å². The average Bonchev–Trinajstić information content (AvgIpc) is 3.01. The Kier molecular flexibility index (Phi) is 6.01. The Morgan fingerprint density at radius 1 is 1.38 bits per heavy atom. The van der Waals surface area contributed by atoms with Gasteiger partial charge in [-0.2, -0.15) is 5.26 Å². The van der Waals surface area contributed by atoms with E-state index >= 15 is 0 Å². The van der Waals surface area contributed by atoms with E-state index in [1.54, 1.807) is 12.1 Å². The Labute approximate surface area is 153 Å². The minimum Gasteiger partial charge on any atom is -0.448 e. The summed E-state index contributed by atoms with van der Waals surface area (Å²) in [7, 11) is 1.94. The molecule has 0 aliphatic rings. The molecule has 138 valence electrons. The molecule has 0 radical (unpaired) electrons. The zero-order valence-electron chi connectivity index (χ0n) is 15.5. The Bertz CT molecular complexity index is 784. The van der Waals surface area contributed by atoms with Crippen LogP contribution in [0.3, 0.4) is 0 Å². The summed E-state index contributed by atoms with van der Waals surface area (Å²) in [6.45, 7) is 6.89. The molecule has 0 saturated heterocycles. The SMILES string of the molecule is CN(Cc1ocnc1-c1ccc(C#N)cc1)C(COC(N)=O)C(C)(C)C. The lowest BCUT2D eigenvalue weighted by atomic mass is 9.86. The largest absolute Gasteiger partial charge is 0.448 e. The van der Waals surface area contributed by atoms with Crippen molar-refractivity contribution in [1.29, 1.82) is 5.26 Å². The zero-order valence-corrected chi connectivity index (χ0v) is 15.5. The van der Waals surface area contributed by atoms with Crippen molar-refractivity contribution in [2.24, 2.45) is 11.1 Å². The molecule has 1 atom stereocenters. The van der Waals surface area contributed by atoms with Crippen LogP contribution in [0, 0.1) is 16.7 Å². The summed E-state index contributed by atoms with van der Waals surface area (Å²) >= 11 is 0. The van der Waals surface area contributed by atoms with Gasteiger partial charge in [0.05, 0.1) is 18.2 Å². The highest BCUT2D eigenvalue weighted by atomic mass is 16.5. The van der Waals surface area contributed by atoms with Crippen LogP contribution in [0.2, 0.25) is 0 Å². The number of nitrogens with zero attached hydrogens (tertiary/aromatic N) is 3. The van der Waals surface area contributed by atoms with Crippen LogP contribution in [-0.4, -0.2) is 35.7 Å². The first kappa shape index (κ1) is 19.5. The standard InChI is InChI=1S/C19H24N4O3/c1-19(2,3)16(11-25-18(21)24)23(4)10-15-17(22-12-26-15)14-7-5-13(9-20)6-8-14/h5-8,12,16H,10-11H2,1-4H3,(H2,21,24). The Hall–Kier alpha value is -2.85. The monoisotopic (exact) mass is 356 g/mol. The highest BCUT2D eigenvalue weighted by Gasteiger charge is 2.30. The van der Waals surface area contributed by atoms with Crippen LogP contribution >= 0.6 is 0 Å². The van der Waals surface area contributed by atoms with E-state index in [1.165, 1.54) is 6.39 Å². The first-order valence-electron chi connectivity index (χ1n) is 8.27. The third-order valence-electron chi connectivity index (χ3n) is 4.24. The maximum absolute atomic E-state index is 11.0. The number of primary amides is 1. The molecule has 1 aromatic carbocycles. The number of oxazole rings is 1. The molecule has 0 spiro atoms. The number of amides is 1. The van der Waals surface area contributed by atoms with E-state index in [9.17, 15) is 4.79 Å². The molecule has 0 aliphatic heterocycles. The number of carbonyl (C=O) groups is 1. The molecule has 2 rings (SSSR count). The number of hydrogen-bond acceptors (Lipinski definition) is 6. The number of benzene rings is 1. The molecule has 0 bridgehead atoms. The molecular weight excluding hydrogens is 332 g/mol. The molecule has 26 heavy (non-hydrogen) atoms. The fourth-order valence-electron chi connectivity index (χ4n) is 2.86. The molecule has 1 heterocycles. The third kappa shape index (κ3) is 4.83. The number of carbonyl (C=O) groups excluding carboxylic acids is 1. The van der Waals surface area contributed by atoms with Crippen LogP contribution in [0.25, 0.3) is 11.3 Å². The molecule has 0 fully saturated rings. The van der Waals surface area contributed by atoms with Gasteiger partial charge in [0.15, 0.2) is 6.39 Å². The second-order valence-corrected chi connectivity index (χ2v) is 7.24. The van der Waals surface area contributed by atoms with Gasteiger partial charge in [-0.25, -0.2) is 9.78 Å². The number of rotatable bonds is 6. The summed E-state index contributed by atoms with van der Waals surface area (Å²) in [4.78, 5) is 17.4. The average molecular weight is 356 g/mol. The predicted molar refractivity (Wildman–Crippen MR) is 96.9 cm³/mol. The van der Waals surface area contributed by atoms with Crippen molar-refractivity contribution in [1.82, 2.24) is 9.88 Å². The maximum Gasteiger partial charge on any atom is 0.404 e. The summed E-state index contributed by atoms with van der Waals surface area (Å²) in [5, 5.41) is 8.92. The smallest absolute Gasteiger partial charge is 0.404 e. The second kappa shape index (κ2) is 8.02. The first-order valence-corrected chi connectivity index (χ1v) is 8.27. The highest BCUT2D eigenvalue weighted by molar-refractivity contribution is 5.64. The Morgan fingerprint density at radius 3 is 2.58 bits per heavy atom. The highest BCUT2D eigenvalue weighted by Crippen LogP contribution is 2.28. The van der Waals surface area contributed by atoms with Crippen LogP contribution < -0.4 is 5.73 Å². The zero-order chi connectivity index (χ0) is 19.3. The van der Waals surface area contributed by atoms with Crippen molar-refractivity contribution < 1.29 is 13.9 Å². The van der Waals surface area contributed by atoms with Gasteiger partial charge in [0, 0.05) is 11.6 Å². The number of nitriles is 1. The molecule has 7 heteroatoms. The Balaban J connectivity index is 2.20. The fraction of sp³-hybridized carbons (Fsp3) is 0.421. The van der Waals surface area contributed by atoms with Gasteiger partial charge >= 0.3 is 6.09 Å². The minimum atomic E-state index is -0.786. The first-order chi connectivity index (χ1) is 12.2. The van der Waals surface area contributed by atoms with Gasteiger partial charge in [-0.1, -0.05) is 32.9 Å². The molecule has 2 N–H and O–H groups in total. The van der Waals surface area contributed by atoms with Crippen molar-refractivity contribution in [2.45, 2.75) is 33.4 Å². The number of likely N-dealkylation sites (N-methyl/N-ethyl adjacent to an activating group) is 1. The summed E-state index contributed by atoms with van der Waals surface area (Å²) < 4.78 is 10.6. The number of hydrogen-bond donors (Lipinski definition) is 1. The van der Waals surface area contributed by atoms with Crippen LogP contribution in [0.4, 0.5) is 4.79 Å². The van der Waals surface area contributed by atoms with Crippen LogP contribution in [0.15, 0.2) is 35.1 Å². The topological polar surface area (TPSA) is 105 Å². The lowest BCUT2D eigenvalue weighted by Crippen LogP contribution is -2.45. The van der Waals surface area contributed by atoms with Gasteiger partial charge in [0.2, 0.25) is 0 Å². The van der Waals surface area contributed by atoms with E-state index < -0.39 is 6.09 Å². The second-order valence-electron chi connectivity index (χ2n) is 7.24. The third-order valence-corrected chi connectivity index (χ3v) is 4.24. The van der Waals surface area contributed by atoms with E-state index in [0.717, 1.165) is 11.3 Å². The molecule has 7 nitrogen and oxygen atoms in total. The van der Waals surface area contributed by atoms with Crippen molar-refractivity contribution in [3.63, 3.8) is 0 Å². The van der Waals surface area contributed by atoms with Crippen LogP contribution in [-0.2, 0) is 11.3 Å². The fourth-order valence-corrected chi connectivity index (χ4v) is 2.86. The van der Waals surface area contributed by atoms with Crippen molar-refractivity contribution in [3.8, 4) is 17.3 Å². The van der Waals surface area contributed by atoms with Gasteiger partial charge < -0.3 is 14.9 Å². The van der Waals surface area contributed by atoms with E-state index in [0.29, 0.717) is 17.9 Å². The summed E-state index contributed by atoms with van der Waals surface area (Å²) in [6, 6.07) is 9.22. The molecule has 1 aromatic heterocycles. The molecular formula is C19H24N4O3. The van der Waals surface area contributed by atoms with Crippen molar-refractivity contribution in [2.75, 3.05) is 13.7 Å². The molecule has 2 aromatic rings. The number of ether oxygens (including phenoxy) is 1. The summed E-state index contributed by atoms with van der Waals surface area (Å²) in [5.74, 6) is 0.700. The lowest BCUT2D eigenvalue weighted by molar-refractivity contribution is 0.0455. The van der Waals surface area contributed by atoms with E-state index in [2.05, 4.69) is 36.7 Å². The summed E-state index contributed by atoms with van der Waals surface area (Å²) in [6.07, 6.45) is 0.619. The van der Waals surface area contributed by atoms with Crippen molar-refractivity contribution >= 4 is 6.09 Å². The van der Waals surface area contributed by atoms with E-state index in [1.807, 2.05) is 19.2 Å². The van der Waals surface area contributed by atoms with Crippen molar-refractivity contribution in [3.05, 3.63) is 42.0 Å². The van der Waals surface area contributed by atoms with Gasteiger partial charge in [-0.3, -0.25) is 4.90 Å². The molecule has 1 unspecified atom stereocenters. The minimum absolute atomic E-state index is 0.0612. The van der Waals surface area contributed by atoms with E-state index in [-0.39, 0.29) is 18.1 Å². The summed E-state index contributed by atoms with van der Waals surface area (Å²) in [5.41, 5.74) is 7.17. The molecule has 0 aliphatic carbocycles. The maximum atomic E-state index is 11.0. The van der Waals surface area contributed by atoms with E-state index in [4.69, 9.17) is 20.1 Å². The van der Waals surface area contributed by atoms with Gasteiger partial charge in [-0.15, -0.1) is 0 Å². The predicted octanol–water partition coefficient (Wildman–Crippen LogP) is 3.16.